The molecule has 0 N–H and O–H groups in total. The summed E-state index contributed by atoms with van der Waals surface area (Å²) in [4.78, 5) is 4.65. The van der Waals surface area contributed by atoms with E-state index in [-0.39, 0.29) is 5.41 Å². The lowest BCUT2D eigenvalue weighted by Crippen LogP contribution is -2.27. The number of nitrogens with zero attached hydrogens (tertiary/aromatic N) is 2. The van der Waals surface area contributed by atoms with E-state index < -0.39 is 0 Å². The highest BCUT2D eigenvalue weighted by molar-refractivity contribution is 5.78. The number of anilines is 6. The van der Waals surface area contributed by atoms with Gasteiger partial charge in [0, 0.05) is 39.5 Å². The first-order valence-electron chi connectivity index (χ1n) is 18.6. The average molecular weight is 673 g/mol. The predicted molar refractivity (Wildman–Crippen MR) is 213 cm³/mol. The molecule has 0 spiro atoms. The van der Waals surface area contributed by atoms with Gasteiger partial charge in [0.1, 0.15) is 11.5 Å². The van der Waals surface area contributed by atoms with Gasteiger partial charge in [0.25, 0.3) is 0 Å². The monoisotopic (exact) mass is 672 g/mol. The Bertz CT molecular complexity index is 1790. The van der Waals surface area contributed by atoms with E-state index in [0.29, 0.717) is 13.2 Å². The van der Waals surface area contributed by atoms with E-state index in [1.807, 2.05) is 13.8 Å². The molecule has 51 heavy (non-hydrogen) atoms. The Hall–Kier alpha value is -5.48. The van der Waals surface area contributed by atoms with Gasteiger partial charge in [-0.15, -0.1) is 0 Å². The van der Waals surface area contributed by atoms with Gasteiger partial charge >= 0.3 is 0 Å². The highest BCUT2D eigenvalue weighted by Crippen LogP contribution is 2.46. The predicted octanol–water partition coefficient (Wildman–Crippen LogP) is 13.1. The molecule has 0 atom stereocenters. The minimum absolute atomic E-state index is 0.0407. The number of rotatable bonds is 12. The van der Waals surface area contributed by atoms with E-state index in [2.05, 4.69) is 168 Å². The van der Waals surface area contributed by atoms with Crippen molar-refractivity contribution in [1.82, 2.24) is 0 Å². The Labute approximate surface area is 303 Å². The normalized spacial score (nSPS) is 13.9. The quantitative estimate of drug-likeness (QED) is 0.121. The third kappa shape index (κ3) is 7.51. The van der Waals surface area contributed by atoms with Crippen molar-refractivity contribution >= 4 is 34.1 Å². The Balaban J connectivity index is 1.24. The summed E-state index contributed by atoms with van der Waals surface area (Å²) in [6, 6.07) is 56.8. The largest absolute Gasteiger partial charge is 0.494 e. The molecule has 1 fully saturated rings. The van der Waals surface area contributed by atoms with Crippen LogP contribution in [0.15, 0.2) is 158 Å². The molecular weight excluding hydrogens is 625 g/mol. The van der Waals surface area contributed by atoms with E-state index in [1.165, 1.54) is 36.8 Å². The molecule has 258 valence electrons. The molecule has 7 rings (SSSR count). The van der Waals surface area contributed by atoms with Crippen molar-refractivity contribution in [2.24, 2.45) is 0 Å². The van der Waals surface area contributed by atoms with Gasteiger partial charge in [-0.1, -0.05) is 86.3 Å². The van der Waals surface area contributed by atoms with Crippen LogP contribution in [0.2, 0.25) is 0 Å². The van der Waals surface area contributed by atoms with Crippen molar-refractivity contribution in [2.45, 2.75) is 57.8 Å². The first kappa shape index (κ1) is 34.0. The highest BCUT2D eigenvalue weighted by Gasteiger charge is 2.35. The van der Waals surface area contributed by atoms with Crippen LogP contribution in [0.5, 0.6) is 11.5 Å². The van der Waals surface area contributed by atoms with Crippen molar-refractivity contribution in [1.29, 1.82) is 0 Å². The molecule has 0 saturated heterocycles. The van der Waals surface area contributed by atoms with E-state index in [0.717, 1.165) is 58.5 Å². The second-order valence-corrected chi connectivity index (χ2v) is 13.3. The number of para-hydroxylation sites is 2. The Morgan fingerprint density at radius 2 is 0.706 bits per heavy atom. The molecule has 0 radical (unpaired) electrons. The molecule has 1 aliphatic rings. The van der Waals surface area contributed by atoms with Crippen LogP contribution in [0.25, 0.3) is 0 Å². The van der Waals surface area contributed by atoms with Gasteiger partial charge < -0.3 is 19.3 Å². The summed E-state index contributed by atoms with van der Waals surface area (Å²) < 4.78 is 11.5. The van der Waals surface area contributed by atoms with Crippen LogP contribution in [-0.4, -0.2) is 13.2 Å². The SMILES string of the molecule is CCOc1ccc(N(c2ccccc2)c2ccc(C3(c4ccc(N(c5ccccc5)c5ccc(OCC)cc5)cc4)CCCCCC3)cc2)cc1. The van der Waals surface area contributed by atoms with Gasteiger partial charge in [-0.2, -0.15) is 0 Å². The zero-order chi connectivity index (χ0) is 34.9. The van der Waals surface area contributed by atoms with Crippen molar-refractivity contribution < 1.29 is 9.47 Å². The van der Waals surface area contributed by atoms with Crippen LogP contribution in [0.1, 0.15) is 63.5 Å². The molecule has 6 aromatic rings. The smallest absolute Gasteiger partial charge is 0.119 e. The third-order valence-corrected chi connectivity index (χ3v) is 10.2. The molecule has 4 heteroatoms. The molecule has 6 aromatic carbocycles. The van der Waals surface area contributed by atoms with Gasteiger partial charge in [0.2, 0.25) is 0 Å². The minimum Gasteiger partial charge on any atom is -0.494 e. The molecule has 1 saturated carbocycles. The summed E-state index contributed by atoms with van der Waals surface area (Å²) >= 11 is 0. The van der Waals surface area contributed by atoms with Crippen molar-refractivity contribution in [3.63, 3.8) is 0 Å². The standard InChI is InChI=1S/C47H48N2O2/c1-3-50-45-31-27-43(28-32-45)48(39-15-9-7-10-16-39)41-23-19-37(20-24-41)47(35-13-5-6-14-36-47)38-21-25-42(26-22-38)49(40-17-11-8-12-18-40)44-29-33-46(34-30-44)51-4-2/h7-12,15-34H,3-6,13-14,35-36H2,1-2H3. The summed E-state index contributed by atoms with van der Waals surface area (Å²) in [6.45, 7) is 5.34. The first-order valence-corrected chi connectivity index (χ1v) is 18.6. The fraction of sp³-hybridized carbons (Fsp3) is 0.234. The Morgan fingerprint density at radius 3 is 1.04 bits per heavy atom. The van der Waals surface area contributed by atoms with Crippen LogP contribution < -0.4 is 19.3 Å². The summed E-state index contributed by atoms with van der Waals surface area (Å²) in [5.74, 6) is 1.77. The summed E-state index contributed by atoms with van der Waals surface area (Å²) in [5, 5.41) is 0. The maximum Gasteiger partial charge on any atom is 0.119 e. The molecule has 0 heterocycles. The molecule has 0 amide bonds. The number of hydrogen-bond donors (Lipinski definition) is 0. The number of ether oxygens (including phenoxy) is 2. The van der Waals surface area contributed by atoms with Crippen molar-refractivity contribution in [3.05, 3.63) is 169 Å². The molecule has 0 aromatic heterocycles. The fourth-order valence-electron chi connectivity index (χ4n) is 7.70. The summed E-state index contributed by atoms with van der Waals surface area (Å²) in [5.41, 5.74) is 9.50. The van der Waals surface area contributed by atoms with Gasteiger partial charge in [-0.05, 0) is 135 Å². The summed E-state index contributed by atoms with van der Waals surface area (Å²) in [7, 11) is 0. The van der Waals surface area contributed by atoms with Gasteiger partial charge in [0.15, 0.2) is 0 Å². The van der Waals surface area contributed by atoms with Gasteiger partial charge in [-0.25, -0.2) is 0 Å². The second kappa shape index (κ2) is 16.0. The molecule has 0 bridgehead atoms. The Morgan fingerprint density at radius 1 is 0.392 bits per heavy atom. The lowest BCUT2D eigenvalue weighted by molar-refractivity contribution is 0.340. The third-order valence-electron chi connectivity index (χ3n) is 10.2. The van der Waals surface area contributed by atoms with E-state index in [9.17, 15) is 0 Å². The zero-order valence-electron chi connectivity index (χ0n) is 29.9. The number of benzene rings is 6. The lowest BCUT2D eigenvalue weighted by atomic mass is 9.69. The van der Waals surface area contributed by atoms with Crippen LogP contribution in [0.4, 0.5) is 34.1 Å². The first-order chi connectivity index (χ1) is 25.2. The zero-order valence-corrected chi connectivity index (χ0v) is 29.9. The summed E-state index contributed by atoms with van der Waals surface area (Å²) in [6.07, 6.45) is 7.33. The molecule has 1 aliphatic carbocycles. The topological polar surface area (TPSA) is 24.9 Å². The van der Waals surface area contributed by atoms with Crippen molar-refractivity contribution in [2.75, 3.05) is 23.0 Å². The maximum absolute atomic E-state index is 5.75. The van der Waals surface area contributed by atoms with E-state index in [1.54, 1.807) is 0 Å². The van der Waals surface area contributed by atoms with Crippen LogP contribution in [-0.2, 0) is 5.41 Å². The van der Waals surface area contributed by atoms with Gasteiger partial charge in [0.05, 0.1) is 13.2 Å². The molecular formula is C47H48N2O2. The molecule has 4 nitrogen and oxygen atoms in total. The van der Waals surface area contributed by atoms with Gasteiger partial charge in [-0.3, -0.25) is 0 Å². The Kier molecular flexibility index (Phi) is 10.7. The maximum atomic E-state index is 5.75. The second-order valence-electron chi connectivity index (χ2n) is 13.3. The number of hydrogen-bond acceptors (Lipinski definition) is 4. The van der Waals surface area contributed by atoms with Crippen molar-refractivity contribution in [3.8, 4) is 11.5 Å². The van der Waals surface area contributed by atoms with E-state index >= 15 is 0 Å². The minimum atomic E-state index is -0.0407. The lowest BCUT2D eigenvalue weighted by Gasteiger charge is -2.36. The van der Waals surface area contributed by atoms with E-state index in [4.69, 9.17) is 9.47 Å². The average Bonchev–Trinajstić information content (AvgIpc) is 3.45. The fourth-order valence-corrected chi connectivity index (χ4v) is 7.70. The highest BCUT2D eigenvalue weighted by atomic mass is 16.5. The van der Waals surface area contributed by atoms with Crippen LogP contribution in [0.3, 0.4) is 0 Å². The molecule has 0 unspecified atom stereocenters. The molecule has 0 aliphatic heterocycles. The van der Waals surface area contributed by atoms with Crippen LogP contribution in [0, 0.1) is 0 Å². The van der Waals surface area contributed by atoms with Crippen LogP contribution >= 0.6 is 0 Å².